The third kappa shape index (κ3) is 3.46. The molecule has 2 aliphatic carbocycles. The van der Waals surface area contributed by atoms with E-state index in [9.17, 15) is 5.11 Å². The van der Waals surface area contributed by atoms with Crippen LogP contribution in [0.4, 0.5) is 0 Å². The van der Waals surface area contributed by atoms with Crippen LogP contribution in [0, 0.1) is 11.8 Å². The van der Waals surface area contributed by atoms with Crippen molar-refractivity contribution in [2.75, 3.05) is 5.75 Å². The Hall–Kier alpha value is -1.78. The van der Waals surface area contributed by atoms with Gasteiger partial charge in [0, 0.05) is 16.6 Å². The minimum absolute atomic E-state index is 0.313. The Labute approximate surface area is 153 Å². The summed E-state index contributed by atoms with van der Waals surface area (Å²) in [5.74, 6) is 1.33. The van der Waals surface area contributed by atoms with Gasteiger partial charge in [-0.25, -0.2) is 0 Å². The van der Waals surface area contributed by atoms with Crippen LogP contribution in [0.2, 0.25) is 0 Å². The molecular formula is C21H23NO2S. The quantitative estimate of drug-likeness (QED) is 0.613. The van der Waals surface area contributed by atoms with Crippen molar-refractivity contribution in [2.45, 2.75) is 36.4 Å². The molecule has 2 saturated carbocycles. The molecule has 0 aliphatic heterocycles. The van der Waals surface area contributed by atoms with Gasteiger partial charge >= 0.3 is 0 Å². The van der Waals surface area contributed by atoms with Crippen LogP contribution in [0.3, 0.4) is 0 Å². The van der Waals surface area contributed by atoms with Crippen molar-refractivity contribution in [3.8, 4) is 0 Å². The van der Waals surface area contributed by atoms with Crippen molar-refractivity contribution in [1.82, 2.24) is 0 Å². The second-order valence-corrected chi connectivity index (χ2v) is 8.02. The summed E-state index contributed by atoms with van der Waals surface area (Å²) in [6.45, 7) is 0.448. The average molecular weight is 353 g/mol. The molecule has 1 unspecified atom stereocenters. The molecule has 3 atom stereocenters. The van der Waals surface area contributed by atoms with Crippen molar-refractivity contribution >= 4 is 17.5 Å². The monoisotopic (exact) mass is 353 g/mol. The zero-order chi connectivity index (χ0) is 17.1. The fourth-order valence-corrected chi connectivity index (χ4v) is 5.15. The maximum absolute atomic E-state index is 11.4. The maximum atomic E-state index is 11.4. The lowest BCUT2D eigenvalue weighted by Gasteiger charge is -2.33. The number of hydrogen-bond acceptors (Lipinski definition) is 4. The molecule has 0 saturated heterocycles. The Kier molecular flexibility index (Phi) is 4.82. The number of thioether (sulfide) groups is 1. The predicted molar refractivity (Wildman–Crippen MR) is 102 cm³/mol. The van der Waals surface area contributed by atoms with Gasteiger partial charge in [0.25, 0.3) is 0 Å². The van der Waals surface area contributed by atoms with Crippen molar-refractivity contribution < 1.29 is 9.94 Å². The highest BCUT2D eigenvalue weighted by atomic mass is 32.2. The molecule has 4 rings (SSSR count). The van der Waals surface area contributed by atoms with Crippen LogP contribution in [0.25, 0.3) is 0 Å². The third-order valence-electron chi connectivity index (χ3n) is 5.38. The van der Waals surface area contributed by atoms with Gasteiger partial charge in [-0.1, -0.05) is 53.7 Å². The molecule has 130 valence electrons. The van der Waals surface area contributed by atoms with E-state index >= 15 is 0 Å². The molecule has 1 N–H and O–H groups in total. The van der Waals surface area contributed by atoms with Gasteiger partial charge in [-0.05, 0) is 42.9 Å². The maximum Gasteiger partial charge on any atom is 0.142 e. The van der Waals surface area contributed by atoms with E-state index in [1.807, 2.05) is 48.5 Å². The lowest BCUT2D eigenvalue weighted by Crippen LogP contribution is -2.46. The molecular weight excluding hydrogens is 330 g/mol. The summed E-state index contributed by atoms with van der Waals surface area (Å²) >= 11 is 1.70. The van der Waals surface area contributed by atoms with Crippen molar-refractivity contribution in [2.24, 2.45) is 17.0 Å². The summed E-state index contributed by atoms with van der Waals surface area (Å²) in [5.41, 5.74) is 1.13. The number of benzene rings is 2. The first-order chi connectivity index (χ1) is 12.3. The molecule has 0 heterocycles. The molecule has 4 heteroatoms. The van der Waals surface area contributed by atoms with Gasteiger partial charge in [0.05, 0.1) is 5.71 Å². The molecule has 2 aromatic rings. The normalized spacial score (nSPS) is 29.2. The van der Waals surface area contributed by atoms with Crippen LogP contribution in [0.5, 0.6) is 0 Å². The van der Waals surface area contributed by atoms with Crippen LogP contribution in [-0.2, 0) is 11.4 Å². The fraction of sp³-hybridized carbons (Fsp3) is 0.381. The van der Waals surface area contributed by atoms with Gasteiger partial charge in [-0.3, -0.25) is 0 Å². The Bertz CT molecular complexity index is 734. The zero-order valence-electron chi connectivity index (χ0n) is 14.2. The summed E-state index contributed by atoms with van der Waals surface area (Å²) in [7, 11) is 0. The van der Waals surface area contributed by atoms with Crippen molar-refractivity contribution in [1.29, 1.82) is 0 Å². The lowest BCUT2D eigenvalue weighted by atomic mass is 9.84. The van der Waals surface area contributed by atoms with Gasteiger partial charge in [0.15, 0.2) is 0 Å². The van der Waals surface area contributed by atoms with E-state index in [0.29, 0.717) is 24.2 Å². The van der Waals surface area contributed by atoms with Gasteiger partial charge in [0.1, 0.15) is 12.2 Å². The third-order valence-corrected chi connectivity index (χ3v) is 6.57. The molecule has 2 bridgehead atoms. The Morgan fingerprint density at radius 1 is 1.04 bits per heavy atom. The largest absolute Gasteiger partial charge is 0.391 e. The molecule has 2 aliphatic rings. The summed E-state index contributed by atoms with van der Waals surface area (Å²) in [6, 6.07) is 20.3. The Morgan fingerprint density at radius 3 is 2.52 bits per heavy atom. The van der Waals surface area contributed by atoms with Crippen LogP contribution < -0.4 is 0 Å². The van der Waals surface area contributed by atoms with Crippen LogP contribution in [-0.4, -0.2) is 22.2 Å². The predicted octanol–water partition coefficient (Wildman–Crippen LogP) is 4.51. The molecule has 25 heavy (non-hydrogen) atoms. The summed E-state index contributed by atoms with van der Waals surface area (Å²) in [6.07, 6.45) is 3.25. The minimum atomic E-state index is -0.833. The van der Waals surface area contributed by atoms with E-state index < -0.39 is 5.60 Å². The molecule has 0 aromatic heterocycles. The molecule has 2 aromatic carbocycles. The van der Waals surface area contributed by atoms with E-state index in [0.717, 1.165) is 30.5 Å². The van der Waals surface area contributed by atoms with E-state index in [1.165, 1.54) is 4.90 Å². The first-order valence-corrected chi connectivity index (χ1v) is 9.89. The lowest BCUT2D eigenvalue weighted by molar-refractivity contribution is 0.0685. The second kappa shape index (κ2) is 7.22. The topological polar surface area (TPSA) is 41.8 Å². The number of hydrogen-bond donors (Lipinski definition) is 1. The first kappa shape index (κ1) is 16.7. The Balaban J connectivity index is 1.46. The molecule has 0 spiro atoms. The molecule has 3 nitrogen and oxygen atoms in total. The van der Waals surface area contributed by atoms with Crippen LogP contribution >= 0.6 is 11.8 Å². The van der Waals surface area contributed by atoms with E-state index in [4.69, 9.17) is 4.84 Å². The van der Waals surface area contributed by atoms with Crippen molar-refractivity contribution in [3.05, 3.63) is 66.2 Å². The van der Waals surface area contributed by atoms with Gasteiger partial charge in [-0.15, -0.1) is 11.8 Å². The highest BCUT2D eigenvalue weighted by molar-refractivity contribution is 7.99. The summed E-state index contributed by atoms with van der Waals surface area (Å²) in [5, 5.41) is 15.8. The molecule has 0 amide bonds. The van der Waals surface area contributed by atoms with Gasteiger partial charge in [0.2, 0.25) is 0 Å². The smallest absolute Gasteiger partial charge is 0.142 e. The van der Waals surface area contributed by atoms with Gasteiger partial charge < -0.3 is 9.94 Å². The number of nitrogens with zero attached hydrogens (tertiary/aromatic N) is 1. The SMILES string of the molecule is OC1(CSc2ccccc2)/C(=N\OCc2ccccc2)[C@H]2CC[C@@H]1C2. The van der Waals surface area contributed by atoms with E-state index in [2.05, 4.69) is 17.3 Å². The summed E-state index contributed by atoms with van der Waals surface area (Å²) < 4.78 is 0. The zero-order valence-corrected chi connectivity index (χ0v) is 15.0. The number of aliphatic hydroxyl groups is 1. The number of rotatable bonds is 6. The standard InChI is InChI=1S/C21H23NO2S/c23-21(15-25-19-9-5-2-6-10-19)18-12-11-17(13-18)20(21)22-24-14-16-7-3-1-4-8-16/h1-10,17-18,23H,11-15H2/b22-20-/t17-,18+,21?/m0/s1. The average Bonchev–Trinajstić information content (AvgIpc) is 3.24. The van der Waals surface area contributed by atoms with Gasteiger partial charge in [-0.2, -0.15) is 0 Å². The van der Waals surface area contributed by atoms with Crippen LogP contribution in [0.15, 0.2) is 70.7 Å². The Morgan fingerprint density at radius 2 is 1.76 bits per heavy atom. The highest BCUT2D eigenvalue weighted by Gasteiger charge is 2.55. The van der Waals surface area contributed by atoms with E-state index in [1.54, 1.807) is 11.8 Å². The first-order valence-electron chi connectivity index (χ1n) is 8.90. The van der Waals surface area contributed by atoms with Crippen molar-refractivity contribution in [3.63, 3.8) is 0 Å². The minimum Gasteiger partial charge on any atom is -0.391 e. The molecule has 2 fully saturated rings. The van der Waals surface area contributed by atoms with Crippen LogP contribution in [0.1, 0.15) is 24.8 Å². The highest BCUT2D eigenvalue weighted by Crippen LogP contribution is 2.50. The number of oxime groups is 1. The summed E-state index contributed by atoms with van der Waals surface area (Å²) in [4.78, 5) is 6.81. The number of fused-ring (bicyclic) bond motifs is 2. The fourth-order valence-electron chi connectivity index (χ4n) is 4.03. The molecule has 0 radical (unpaired) electrons. The van der Waals surface area contributed by atoms with E-state index in [-0.39, 0.29) is 0 Å². The second-order valence-electron chi connectivity index (χ2n) is 6.97.